The van der Waals surface area contributed by atoms with E-state index in [1.165, 1.54) is 56.6 Å². The number of anilines is 1. The summed E-state index contributed by atoms with van der Waals surface area (Å²) in [7, 11) is -4.71. The lowest BCUT2D eigenvalue weighted by Crippen LogP contribution is -2.25. The number of sulfonamides is 2. The van der Waals surface area contributed by atoms with Crippen molar-refractivity contribution in [2.24, 2.45) is 0 Å². The highest BCUT2D eigenvalue weighted by atomic mass is 35.5. The zero-order valence-corrected chi connectivity index (χ0v) is 19.2. The lowest BCUT2D eigenvalue weighted by molar-refractivity contribution is 0.102. The molecule has 2 aromatic rings. The summed E-state index contributed by atoms with van der Waals surface area (Å²) in [5, 5.41) is 2.63. The van der Waals surface area contributed by atoms with Crippen molar-refractivity contribution in [1.82, 2.24) is 9.03 Å². The van der Waals surface area contributed by atoms with Gasteiger partial charge in [-0.15, -0.1) is 0 Å². The Morgan fingerprint density at radius 3 is 2.37 bits per heavy atom. The number of unbranched alkanes of at least 4 members (excludes halogenated alkanes) is 1. The lowest BCUT2D eigenvalue weighted by atomic mass is 10.2. The first-order valence-corrected chi connectivity index (χ1v) is 12.4. The maximum atomic E-state index is 12.7. The summed E-state index contributed by atoms with van der Waals surface area (Å²) in [6.45, 7) is 2.27. The number of carbonyl (C=O) groups is 1. The Balaban J connectivity index is 2.29. The van der Waals surface area contributed by atoms with Crippen LogP contribution < -0.4 is 10.0 Å². The number of nitrogens with one attached hydrogen (secondary N) is 2. The van der Waals surface area contributed by atoms with E-state index in [1.54, 1.807) is 0 Å². The van der Waals surface area contributed by atoms with Crippen LogP contribution in [0.25, 0.3) is 0 Å². The van der Waals surface area contributed by atoms with Crippen molar-refractivity contribution in [3.05, 3.63) is 53.1 Å². The molecule has 0 aromatic heterocycles. The van der Waals surface area contributed by atoms with Gasteiger partial charge in [0.25, 0.3) is 5.91 Å². The Kier molecular flexibility index (Phi) is 8.00. The second-order valence-corrected chi connectivity index (χ2v) is 11.0. The van der Waals surface area contributed by atoms with Gasteiger partial charge in [-0.1, -0.05) is 31.0 Å². The summed E-state index contributed by atoms with van der Waals surface area (Å²) in [4.78, 5) is 12.6. The van der Waals surface area contributed by atoms with Gasteiger partial charge in [0.05, 0.1) is 20.4 Å². The average Bonchev–Trinajstić information content (AvgIpc) is 2.68. The van der Waals surface area contributed by atoms with Crippen LogP contribution >= 0.6 is 11.6 Å². The lowest BCUT2D eigenvalue weighted by Gasteiger charge is -2.13. The molecule has 2 N–H and O–H groups in total. The highest BCUT2D eigenvalue weighted by molar-refractivity contribution is 7.89. The normalized spacial score (nSPS) is 12.2. The highest BCUT2D eigenvalue weighted by Crippen LogP contribution is 2.24. The minimum Gasteiger partial charge on any atom is -0.322 e. The van der Waals surface area contributed by atoms with Crippen molar-refractivity contribution in [1.29, 1.82) is 0 Å². The van der Waals surface area contributed by atoms with Gasteiger partial charge in [0, 0.05) is 26.3 Å². The number of nitrogens with zero attached hydrogens (tertiary/aromatic N) is 1. The van der Waals surface area contributed by atoms with Crippen LogP contribution in [-0.2, 0) is 20.0 Å². The predicted octanol–water partition coefficient (Wildman–Crippen LogP) is 2.92. The molecule has 0 unspecified atom stereocenters. The van der Waals surface area contributed by atoms with Crippen molar-refractivity contribution in [2.75, 3.05) is 26.0 Å². The van der Waals surface area contributed by atoms with E-state index in [1.807, 2.05) is 6.92 Å². The van der Waals surface area contributed by atoms with E-state index in [0.717, 1.165) is 10.7 Å². The molecule has 0 atom stereocenters. The number of benzene rings is 2. The molecule has 164 valence electrons. The maximum absolute atomic E-state index is 12.7. The Bertz CT molecular complexity index is 1130. The van der Waals surface area contributed by atoms with E-state index in [2.05, 4.69) is 10.0 Å². The molecular formula is C19H24ClN3O5S2. The van der Waals surface area contributed by atoms with Crippen molar-refractivity contribution in [3.8, 4) is 0 Å². The van der Waals surface area contributed by atoms with Gasteiger partial charge in [-0.05, 0) is 42.8 Å². The van der Waals surface area contributed by atoms with E-state index >= 15 is 0 Å². The van der Waals surface area contributed by atoms with Gasteiger partial charge in [-0.2, -0.15) is 0 Å². The first kappa shape index (κ1) is 24.3. The van der Waals surface area contributed by atoms with Gasteiger partial charge in [0.2, 0.25) is 20.0 Å². The van der Waals surface area contributed by atoms with E-state index in [9.17, 15) is 21.6 Å². The molecule has 0 radical (unpaired) electrons. The number of halogens is 1. The van der Waals surface area contributed by atoms with Crippen LogP contribution in [-0.4, -0.2) is 47.7 Å². The van der Waals surface area contributed by atoms with Crippen LogP contribution in [0.4, 0.5) is 5.69 Å². The van der Waals surface area contributed by atoms with Gasteiger partial charge in [0.15, 0.2) is 0 Å². The molecule has 0 aliphatic heterocycles. The average molecular weight is 474 g/mol. The molecule has 2 aromatic carbocycles. The summed E-state index contributed by atoms with van der Waals surface area (Å²) < 4.78 is 52.9. The standard InChI is InChI=1S/C19H24ClN3O5S2/c1-4-5-11-21-29(25,26)15-8-6-7-14(12-15)22-19(24)17-13-16(9-10-18(17)20)30(27,28)23(2)3/h6-10,12-13,21H,4-5,11H2,1-3H3,(H,22,24). The number of hydrogen-bond acceptors (Lipinski definition) is 5. The zero-order valence-electron chi connectivity index (χ0n) is 16.8. The van der Waals surface area contributed by atoms with Gasteiger partial charge < -0.3 is 5.32 Å². The molecule has 0 bridgehead atoms. The molecule has 0 spiro atoms. The van der Waals surface area contributed by atoms with Crippen LogP contribution in [0.3, 0.4) is 0 Å². The molecule has 8 nitrogen and oxygen atoms in total. The topological polar surface area (TPSA) is 113 Å². The largest absolute Gasteiger partial charge is 0.322 e. The van der Waals surface area contributed by atoms with Crippen molar-refractivity contribution in [3.63, 3.8) is 0 Å². The Labute approximate surface area is 182 Å². The number of amides is 1. The second-order valence-electron chi connectivity index (χ2n) is 6.66. The van der Waals surface area contributed by atoms with E-state index in [-0.39, 0.29) is 26.1 Å². The minimum atomic E-state index is -3.75. The summed E-state index contributed by atoms with van der Waals surface area (Å²) in [6.07, 6.45) is 1.56. The molecule has 0 saturated carbocycles. The maximum Gasteiger partial charge on any atom is 0.257 e. The van der Waals surface area contributed by atoms with E-state index in [0.29, 0.717) is 13.0 Å². The van der Waals surface area contributed by atoms with E-state index < -0.39 is 26.0 Å². The third-order valence-corrected chi connectivity index (χ3v) is 7.79. The molecule has 0 heterocycles. The predicted molar refractivity (Wildman–Crippen MR) is 117 cm³/mol. The molecular weight excluding hydrogens is 450 g/mol. The molecule has 2 rings (SSSR count). The summed E-state index contributed by atoms with van der Waals surface area (Å²) >= 11 is 6.09. The van der Waals surface area contributed by atoms with Gasteiger partial charge in [0.1, 0.15) is 0 Å². The minimum absolute atomic E-state index is 0.00596. The monoisotopic (exact) mass is 473 g/mol. The van der Waals surface area contributed by atoms with Gasteiger partial charge in [-0.25, -0.2) is 25.9 Å². The summed E-state index contributed by atoms with van der Waals surface area (Å²) in [5.41, 5.74) is 0.184. The molecule has 1 amide bonds. The van der Waals surface area contributed by atoms with Crippen LogP contribution in [0.1, 0.15) is 30.1 Å². The highest BCUT2D eigenvalue weighted by Gasteiger charge is 2.21. The fourth-order valence-electron chi connectivity index (χ4n) is 2.46. The first-order chi connectivity index (χ1) is 14.0. The second kappa shape index (κ2) is 9.88. The summed E-state index contributed by atoms with van der Waals surface area (Å²) in [6, 6.07) is 9.58. The SMILES string of the molecule is CCCCNS(=O)(=O)c1cccc(NC(=O)c2cc(S(=O)(=O)N(C)C)ccc2Cl)c1. The Morgan fingerprint density at radius 1 is 1.03 bits per heavy atom. The molecule has 0 aliphatic carbocycles. The van der Waals surface area contributed by atoms with Crippen molar-refractivity contribution in [2.45, 2.75) is 29.6 Å². The molecule has 0 aliphatic rings. The fourth-order valence-corrected chi connectivity index (χ4v) is 4.71. The fraction of sp³-hybridized carbons (Fsp3) is 0.316. The van der Waals surface area contributed by atoms with E-state index in [4.69, 9.17) is 11.6 Å². The van der Waals surface area contributed by atoms with Gasteiger partial charge in [-0.3, -0.25) is 4.79 Å². The van der Waals surface area contributed by atoms with Crippen molar-refractivity contribution < 1.29 is 21.6 Å². The third kappa shape index (κ3) is 5.79. The molecule has 0 fully saturated rings. The third-order valence-electron chi connectivity index (χ3n) is 4.19. The number of carbonyl (C=O) groups excluding carboxylic acids is 1. The Hall–Kier alpha value is -1.98. The molecule has 11 heteroatoms. The Morgan fingerprint density at radius 2 is 1.73 bits per heavy atom. The van der Waals surface area contributed by atoms with Crippen LogP contribution in [0.15, 0.2) is 52.3 Å². The number of rotatable bonds is 9. The molecule has 0 saturated heterocycles. The zero-order chi connectivity index (χ0) is 22.5. The van der Waals surface area contributed by atoms with Crippen LogP contribution in [0.5, 0.6) is 0 Å². The van der Waals surface area contributed by atoms with Crippen LogP contribution in [0, 0.1) is 0 Å². The van der Waals surface area contributed by atoms with Crippen molar-refractivity contribution >= 4 is 43.2 Å². The van der Waals surface area contributed by atoms with Crippen LogP contribution in [0.2, 0.25) is 5.02 Å². The smallest absolute Gasteiger partial charge is 0.257 e. The molecule has 30 heavy (non-hydrogen) atoms. The summed E-state index contributed by atoms with van der Waals surface area (Å²) in [5.74, 6) is -0.663. The first-order valence-electron chi connectivity index (χ1n) is 9.12. The quantitative estimate of drug-likeness (QED) is 0.543. The van der Waals surface area contributed by atoms with Gasteiger partial charge >= 0.3 is 0 Å². The number of hydrogen-bond donors (Lipinski definition) is 2.